The van der Waals surface area contributed by atoms with Crippen LogP contribution in [0.25, 0.3) is 11.6 Å². The number of hydrogen-bond donors (Lipinski definition) is 1. The van der Waals surface area contributed by atoms with Gasteiger partial charge < -0.3 is 5.73 Å². The maximum Gasteiger partial charge on any atom is 0.0404 e. The molecular formula is C25H25Br2N. The molecule has 3 rings (SSSR count). The molecule has 0 atom stereocenters. The van der Waals surface area contributed by atoms with Crippen molar-refractivity contribution in [3.8, 4) is 0 Å². The third-order valence-electron chi connectivity index (χ3n) is 5.37. The fourth-order valence-corrected chi connectivity index (χ4v) is 3.86. The Morgan fingerprint density at radius 3 is 1.57 bits per heavy atom. The van der Waals surface area contributed by atoms with Crippen molar-refractivity contribution in [3.63, 3.8) is 0 Å². The highest BCUT2D eigenvalue weighted by molar-refractivity contribution is 9.10. The van der Waals surface area contributed by atoms with E-state index in [2.05, 4.69) is 125 Å². The number of halogens is 2. The van der Waals surface area contributed by atoms with Crippen LogP contribution in [-0.4, -0.2) is 0 Å². The molecule has 0 aliphatic rings. The zero-order valence-corrected chi connectivity index (χ0v) is 19.4. The normalized spacial score (nSPS) is 11.3. The summed E-state index contributed by atoms with van der Waals surface area (Å²) in [5, 5.41) is 0. The summed E-state index contributed by atoms with van der Waals surface area (Å²) in [7, 11) is 0. The third-order valence-corrected chi connectivity index (χ3v) is 6.43. The summed E-state index contributed by atoms with van der Waals surface area (Å²) in [6, 6.07) is 25.6. The first-order chi connectivity index (χ1) is 13.4. The van der Waals surface area contributed by atoms with Crippen LogP contribution in [0.1, 0.15) is 48.9 Å². The molecule has 0 fully saturated rings. The van der Waals surface area contributed by atoms with Crippen molar-refractivity contribution in [1.82, 2.24) is 0 Å². The summed E-state index contributed by atoms with van der Waals surface area (Å²) in [5.74, 6) is 0. The van der Waals surface area contributed by atoms with Gasteiger partial charge in [-0.05, 0) is 71.0 Å². The van der Waals surface area contributed by atoms with Crippen molar-refractivity contribution in [2.75, 3.05) is 0 Å². The Balaban J connectivity index is 2.03. The van der Waals surface area contributed by atoms with Crippen molar-refractivity contribution in [3.05, 3.63) is 104 Å². The van der Waals surface area contributed by atoms with Crippen molar-refractivity contribution in [1.29, 1.82) is 0 Å². The maximum absolute atomic E-state index is 6.56. The monoisotopic (exact) mass is 497 g/mol. The topological polar surface area (TPSA) is 26.0 Å². The smallest absolute Gasteiger partial charge is 0.0404 e. The van der Waals surface area contributed by atoms with Gasteiger partial charge in [-0.1, -0.05) is 94.2 Å². The van der Waals surface area contributed by atoms with Crippen LogP contribution in [-0.2, 0) is 5.54 Å². The van der Waals surface area contributed by atoms with Crippen LogP contribution in [0.3, 0.4) is 0 Å². The van der Waals surface area contributed by atoms with Gasteiger partial charge in [-0.25, -0.2) is 0 Å². The predicted molar refractivity (Wildman–Crippen MR) is 128 cm³/mol. The Morgan fingerprint density at radius 2 is 1.18 bits per heavy atom. The lowest BCUT2D eigenvalue weighted by Crippen LogP contribution is -2.34. The number of hydrogen-bond acceptors (Lipinski definition) is 1. The van der Waals surface area contributed by atoms with E-state index in [1.165, 1.54) is 27.8 Å². The molecule has 0 aliphatic heterocycles. The molecule has 0 saturated heterocycles. The van der Waals surface area contributed by atoms with E-state index < -0.39 is 0 Å². The predicted octanol–water partition coefficient (Wildman–Crippen LogP) is 7.77. The lowest BCUT2D eigenvalue weighted by molar-refractivity contribution is 0.413. The van der Waals surface area contributed by atoms with Gasteiger partial charge in [0.1, 0.15) is 0 Å². The summed E-state index contributed by atoms with van der Waals surface area (Å²) in [6.07, 6.45) is 4.11. The molecule has 3 heteroatoms. The second-order valence-corrected chi connectivity index (χ2v) is 8.89. The fraction of sp³-hybridized carbons (Fsp3) is 0.200. The van der Waals surface area contributed by atoms with Crippen LogP contribution in [0.15, 0.2) is 81.7 Å². The van der Waals surface area contributed by atoms with Crippen molar-refractivity contribution in [2.24, 2.45) is 5.73 Å². The molecule has 0 unspecified atom stereocenters. The third kappa shape index (κ3) is 4.83. The number of nitrogens with two attached hydrogens (primary N) is 1. The Kier molecular flexibility index (Phi) is 6.92. The molecular weight excluding hydrogens is 474 g/mol. The Labute approximate surface area is 184 Å². The first kappa shape index (κ1) is 21.0. The van der Waals surface area contributed by atoms with Crippen molar-refractivity contribution >= 4 is 43.5 Å². The summed E-state index contributed by atoms with van der Waals surface area (Å²) in [5.41, 5.74) is 12.2. The quantitative estimate of drug-likeness (QED) is 0.345. The zero-order valence-electron chi connectivity index (χ0n) is 16.3. The van der Waals surface area contributed by atoms with Gasteiger partial charge in [0.2, 0.25) is 0 Å². The molecule has 0 heterocycles. The molecule has 0 radical (unpaired) electrons. The van der Waals surface area contributed by atoms with Crippen LogP contribution in [0, 0.1) is 0 Å². The first-order valence-corrected chi connectivity index (χ1v) is 11.2. The molecule has 3 aromatic carbocycles. The van der Waals surface area contributed by atoms with Crippen LogP contribution in [0.2, 0.25) is 0 Å². The van der Waals surface area contributed by atoms with E-state index in [9.17, 15) is 0 Å². The lowest BCUT2D eigenvalue weighted by atomic mass is 9.85. The van der Waals surface area contributed by atoms with E-state index in [0.29, 0.717) is 0 Å². The fourth-order valence-electron chi connectivity index (χ4n) is 3.33. The van der Waals surface area contributed by atoms with Crippen LogP contribution < -0.4 is 5.73 Å². The maximum atomic E-state index is 6.56. The molecule has 28 heavy (non-hydrogen) atoms. The van der Waals surface area contributed by atoms with Gasteiger partial charge in [0.15, 0.2) is 0 Å². The van der Waals surface area contributed by atoms with E-state index in [1.807, 2.05) is 0 Å². The zero-order chi connectivity index (χ0) is 20.1. The summed E-state index contributed by atoms with van der Waals surface area (Å²) < 4.78 is 2.16. The highest BCUT2D eigenvalue weighted by atomic mass is 79.9. The van der Waals surface area contributed by atoms with Gasteiger partial charge in [-0.15, -0.1) is 0 Å². The second kappa shape index (κ2) is 9.21. The van der Waals surface area contributed by atoms with Gasteiger partial charge in [0.05, 0.1) is 0 Å². The van der Waals surface area contributed by atoms with E-state index in [-0.39, 0.29) is 5.54 Å². The minimum absolute atomic E-state index is 0.248. The van der Waals surface area contributed by atoms with Gasteiger partial charge in [-0.2, -0.15) is 0 Å². The molecule has 0 aliphatic carbocycles. The van der Waals surface area contributed by atoms with Gasteiger partial charge in [-0.3, -0.25) is 0 Å². The molecule has 1 nitrogen and oxygen atoms in total. The van der Waals surface area contributed by atoms with Gasteiger partial charge >= 0.3 is 0 Å². The summed E-state index contributed by atoms with van der Waals surface area (Å²) in [4.78, 5) is 0. The largest absolute Gasteiger partial charge is 0.321 e. The minimum Gasteiger partial charge on any atom is -0.321 e. The first-order valence-electron chi connectivity index (χ1n) is 9.58. The molecule has 0 saturated carbocycles. The second-order valence-electron chi connectivity index (χ2n) is 7.06. The molecule has 0 bridgehead atoms. The molecule has 0 aromatic heterocycles. The molecule has 144 valence electrons. The number of rotatable bonds is 6. The van der Waals surface area contributed by atoms with E-state index in [1.54, 1.807) is 0 Å². The Bertz CT molecular complexity index is 888. The standard InChI is InChI=1S/C25H25Br2N/c1-3-25(28,4-2)21-11-5-18(6-12-21)17-24(19-7-13-22(26)14-8-19)20-9-15-23(27)16-10-20/h5-17H,3-4,28H2,1-2H3. The molecule has 3 aromatic rings. The van der Waals surface area contributed by atoms with Crippen LogP contribution >= 0.6 is 31.9 Å². The van der Waals surface area contributed by atoms with Gasteiger partial charge in [0.25, 0.3) is 0 Å². The van der Waals surface area contributed by atoms with Crippen molar-refractivity contribution in [2.45, 2.75) is 32.2 Å². The van der Waals surface area contributed by atoms with E-state index >= 15 is 0 Å². The van der Waals surface area contributed by atoms with Crippen LogP contribution in [0.5, 0.6) is 0 Å². The van der Waals surface area contributed by atoms with Gasteiger partial charge in [0, 0.05) is 14.5 Å². The molecule has 0 spiro atoms. The highest BCUT2D eigenvalue weighted by Gasteiger charge is 2.22. The lowest BCUT2D eigenvalue weighted by Gasteiger charge is -2.27. The average Bonchev–Trinajstić information content (AvgIpc) is 2.73. The molecule has 0 amide bonds. The summed E-state index contributed by atoms with van der Waals surface area (Å²) >= 11 is 7.06. The van der Waals surface area contributed by atoms with Crippen molar-refractivity contribution < 1.29 is 0 Å². The average molecular weight is 499 g/mol. The SMILES string of the molecule is CCC(N)(CC)c1ccc(C=C(c2ccc(Br)cc2)c2ccc(Br)cc2)cc1. The minimum atomic E-state index is -0.248. The van der Waals surface area contributed by atoms with E-state index in [4.69, 9.17) is 5.73 Å². The Hall–Kier alpha value is -1.68. The Morgan fingerprint density at radius 1 is 0.750 bits per heavy atom. The van der Waals surface area contributed by atoms with E-state index in [0.717, 1.165) is 21.8 Å². The number of benzene rings is 3. The highest BCUT2D eigenvalue weighted by Crippen LogP contribution is 2.30. The molecule has 2 N–H and O–H groups in total. The van der Waals surface area contributed by atoms with Crippen LogP contribution in [0.4, 0.5) is 0 Å². The summed E-state index contributed by atoms with van der Waals surface area (Å²) in [6.45, 7) is 4.30.